The number of methoxy groups -OCH3 is 2. The first-order valence-corrected chi connectivity index (χ1v) is 19.6. The van der Waals surface area contributed by atoms with Crippen molar-refractivity contribution >= 4 is 46.4 Å². The van der Waals surface area contributed by atoms with Crippen LogP contribution in [-0.4, -0.2) is 94.1 Å². The number of alkyl carbamates (subject to hydrolysis) is 2. The average molecular weight is 787 g/mol. The predicted octanol–water partition coefficient (Wildman–Crippen LogP) is 8.01. The van der Waals surface area contributed by atoms with Crippen LogP contribution in [0.2, 0.25) is 0 Å². The van der Waals surface area contributed by atoms with E-state index in [0.717, 1.165) is 57.4 Å². The molecule has 0 aliphatic heterocycles. The van der Waals surface area contributed by atoms with Crippen molar-refractivity contribution < 1.29 is 28.7 Å². The van der Waals surface area contributed by atoms with Crippen LogP contribution in [0.5, 0.6) is 0 Å². The number of fused-ring (bicyclic) bond motifs is 1. The highest BCUT2D eigenvalue weighted by molar-refractivity contribution is 5.94. The number of nitrogens with zero attached hydrogens (tertiary/aromatic N) is 4. The van der Waals surface area contributed by atoms with Gasteiger partial charge in [0.1, 0.15) is 24.7 Å². The average Bonchev–Trinajstić information content (AvgIpc) is 3.82. The molecule has 0 spiro atoms. The second-order valence-corrected chi connectivity index (χ2v) is 13.3. The van der Waals surface area contributed by atoms with Crippen LogP contribution in [0.3, 0.4) is 0 Å². The fourth-order valence-corrected chi connectivity index (χ4v) is 5.49. The number of allylic oxidation sites excluding steroid dienone is 2. The first-order chi connectivity index (χ1) is 27.4. The second-order valence-electron chi connectivity index (χ2n) is 13.3. The molecule has 0 bridgehead atoms. The van der Waals surface area contributed by atoms with Crippen LogP contribution >= 0.6 is 0 Å². The largest absolute Gasteiger partial charge is 0.453 e. The number of ether oxygens (including phenoxy) is 2. The Bertz CT molecular complexity index is 1930. The number of H-pyrrole nitrogens is 2. The number of imidazole rings is 2. The summed E-state index contributed by atoms with van der Waals surface area (Å²) < 4.78 is 9.13. The molecular formula is C43H62N8O6. The van der Waals surface area contributed by atoms with E-state index < -0.39 is 12.2 Å². The van der Waals surface area contributed by atoms with Crippen LogP contribution in [0.1, 0.15) is 95.8 Å². The number of amides is 4. The van der Waals surface area contributed by atoms with E-state index in [2.05, 4.69) is 87.5 Å². The van der Waals surface area contributed by atoms with E-state index >= 15 is 0 Å². The van der Waals surface area contributed by atoms with Crippen molar-refractivity contribution in [3.8, 4) is 11.3 Å². The van der Waals surface area contributed by atoms with Gasteiger partial charge in [-0.15, -0.1) is 0 Å². The van der Waals surface area contributed by atoms with E-state index in [1.54, 1.807) is 22.1 Å². The van der Waals surface area contributed by atoms with Gasteiger partial charge < -0.3 is 39.9 Å². The maximum atomic E-state index is 12.8. The quantitative estimate of drug-likeness (QED) is 0.0827. The number of benzene rings is 2. The number of rotatable bonds is 16. The van der Waals surface area contributed by atoms with Crippen molar-refractivity contribution in [1.82, 2.24) is 40.4 Å². The molecule has 0 radical (unpaired) electrons. The van der Waals surface area contributed by atoms with Crippen molar-refractivity contribution in [2.45, 2.75) is 87.2 Å². The highest BCUT2D eigenvalue weighted by Gasteiger charge is 2.18. The maximum absolute atomic E-state index is 12.8. The molecule has 0 unspecified atom stereocenters. The summed E-state index contributed by atoms with van der Waals surface area (Å²) in [5.74, 6) is 0.812. The molecule has 4 N–H and O–H groups in total. The summed E-state index contributed by atoms with van der Waals surface area (Å²) in [5.41, 5.74) is 5.22. The first kappa shape index (κ1) is 47.2. The number of hydrogen-bond donors (Lipinski definition) is 4. The van der Waals surface area contributed by atoms with Gasteiger partial charge in [-0.25, -0.2) is 19.6 Å². The van der Waals surface area contributed by atoms with Crippen LogP contribution in [0, 0.1) is 6.92 Å². The number of aromatic nitrogens is 4. The van der Waals surface area contributed by atoms with Gasteiger partial charge in [0.25, 0.3) is 0 Å². The van der Waals surface area contributed by atoms with Crippen molar-refractivity contribution in [3.05, 3.63) is 83.9 Å². The van der Waals surface area contributed by atoms with Crippen LogP contribution in [0.25, 0.3) is 33.7 Å². The molecule has 14 heteroatoms. The molecule has 57 heavy (non-hydrogen) atoms. The fourth-order valence-electron chi connectivity index (χ4n) is 5.49. The molecular weight excluding hydrogens is 725 g/mol. The molecule has 0 saturated heterocycles. The van der Waals surface area contributed by atoms with Gasteiger partial charge in [-0.2, -0.15) is 0 Å². The molecule has 2 heterocycles. The van der Waals surface area contributed by atoms with Gasteiger partial charge in [0.2, 0.25) is 11.8 Å². The molecule has 0 atom stereocenters. The Hall–Kier alpha value is -5.92. The van der Waals surface area contributed by atoms with Gasteiger partial charge >= 0.3 is 12.2 Å². The molecule has 14 nitrogen and oxygen atoms in total. The number of carbonyl (C=O) groups excluding carboxylic acids is 4. The zero-order valence-electron chi connectivity index (χ0n) is 35.2. The lowest BCUT2D eigenvalue weighted by atomic mass is 9.98. The van der Waals surface area contributed by atoms with Gasteiger partial charge in [-0.1, -0.05) is 91.3 Å². The third-order valence-electron chi connectivity index (χ3n) is 8.11. The Kier molecular flexibility index (Phi) is 20.9. The summed E-state index contributed by atoms with van der Waals surface area (Å²) in [4.78, 5) is 67.5. The number of aromatic amines is 2. The van der Waals surface area contributed by atoms with Gasteiger partial charge in [0.15, 0.2) is 0 Å². The molecule has 0 saturated carbocycles. The van der Waals surface area contributed by atoms with Gasteiger partial charge in [-0.05, 0) is 59.9 Å². The topological polar surface area (TPSA) is 175 Å². The number of nitrogens with one attached hydrogen (secondary N) is 4. The minimum Gasteiger partial charge on any atom is -0.453 e. The summed E-state index contributed by atoms with van der Waals surface area (Å²) in [7, 11) is 2.50. The Labute approximate surface area is 337 Å². The lowest BCUT2D eigenvalue weighted by molar-refractivity contribution is -0.131. The van der Waals surface area contributed by atoms with E-state index in [-0.39, 0.29) is 38.0 Å². The van der Waals surface area contributed by atoms with Crippen LogP contribution < -0.4 is 10.6 Å². The Morgan fingerprint density at radius 1 is 0.772 bits per heavy atom. The molecule has 4 amide bonds. The Morgan fingerprint density at radius 2 is 1.30 bits per heavy atom. The number of hydrogen-bond acceptors (Lipinski definition) is 8. The summed E-state index contributed by atoms with van der Waals surface area (Å²) in [6, 6.07) is 12.3. The summed E-state index contributed by atoms with van der Waals surface area (Å²) in [6.07, 6.45) is 8.20. The Balaban J connectivity index is 0.00000175. The van der Waals surface area contributed by atoms with Crippen LogP contribution in [-0.2, 0) is 32.2 Å². The summed E-state index contributed by atoms with van der Waals surface area (Å²) in [5, 5.41) is 6.95. The smallest absolute Gasteiger partial charge is 0.407 e. The second kappa shape index (κ2) is 25.3. The molecule has 0 aliphatic carbocycles. The highest BCUT2D eigenvalue weighted by atomic mass is 16.5. The van der Waals surface area contributed by atoms with E-state index in [1.807, 2.05) is 45.0 Å². The highest BCUT2D eigenvalue weighted by Crippen LogP contribution is 2.28. The van der Waals surface area contributed by atoms with Crippen molar-refractivity contribution in [3.63, 3.8) is 0 Å². The third-order valence-corrected chi connectivity index (χ3v) is 8.11. The Morgan fingerprint density at radius 3 is 1.82 bits per heavy atom. The minimum atomic E-state index is -0.659. The number of carbonyl (C=O) groups is 4. The molecule has 4 aromatic rings. The SMILES string of the molecule is C=C/C(=C\c1nc(CN(CCC)C(=O)CNC(=O)OC)[nH]c1C)c1ccc2cc(-c3cnc(CN(CCC)C(=O)CNC(=O)OC)[nH]3)ccc2c1.CCC.CCC. The zero-order chi connectivity index (χ0) is 42.3. The lowest BCUT2D eigenvalue weighted by Gasteiger charge is -2.21. The first-order valence-electron chi connectivity index (χ1n) is 19.6. The minimum absolute atomic E-state index is 0.156. The van der Waals surface area contributed by atoms with E-state index in [0.29, 0.717) is 24.7 Å². The molecule has 4 rings (SSSR count). The molecule has 2 aromatic carbocycles. The maximum Gasteiger partial charge on any atom is 0.407 e. The van der Waals surface area contributed by atoms with Gasteiger partial charge in [0.05, 0.1) is 44.9 Å². The van der Waals surface area contributed by atoms with E-state index in [9.17, 15) is 19.2 Å². The monoisotopic (exact) mass is 786 g/mol. The van der Waals surface area contributed by atoms with Crippen molar-refractivity contribution in [1.29, 1.82) is 0 Å². The van der Waals surface area contributed by atoms with Crippen molar-refractivity contribution in [2.24, 2.45) is 0 Å². The molecule has 2 aromatic heterocycles. The molecule has 0 aliphatic rings. The lowest BCUT2D eigenvalue weighted by Crippen LogP contribution is -2.40. The van der Waals surface area contributed by atoms with Crippen LogP contribution in [0.4, 0.5) is 9.59 Å². The van der Waals surface area contributed by atoms with Crippen molar-refractivity contribution in [2.75, 3.05) is 40.4 Å². The van der Waals surface area contributed by atoms with Gasteiger partial charge in [-0.3, -0.25) is 9.59 Å². The standard InChI is InChI=1S/C37H46N8O6.2C3H8/c1-7-14-44(34(46)20-39-36(48)50-5)22-32-38-19-31(43-32)29-13-12-27-16-26(10-11-28(27)17-29)25(9-3)18-30-24(4)41-33(42-30)23-45(15-8-2)35(47)21-40-37(49)51-6;2*1-3-2/h9-13,16-19H,3,7-8,14-15,20-23H2,1-2,4-6H3,(H,38,43)(H,39,48)(H,40,49)(H,41,42);2*3H2,1-2H3/b25-18+;;. The van der Waals surface area contributed by atoms with Crippen LogP contribution in [0.15, 0.2) is 55.3 Å². The number of aryl methyl sites for hydroxylation is 1. The summed E-state index contributed by atoms with van der Waals surface area (Å²) in [6.45, 7) is 19.7. The molecule has 0 fully saturated rings. The zero-order valence-corrected chi connectivity index (χ0v) is 35.2. The van der Waals surface area contributed by atoms with E-state index in [1.165, 1.54) is 27.1 Å². The third kappa shape index (κ3) is 15.3. The van der Waals surface area contributed by atoms with Gasteiger partial charge in [0, 0.05) is 24.3 Å². The fraction of sp³-hybridized carbons (Fsp3) is 0.442. The molecule has 310 valence electrons. The summed E-state index contributed by atoms with van der Waals surface area (Å²) >= 11 is 0. The van der Waals surface area contributed by atoms with E-state index in [4.69, 9.17) is 4.98 Å². The normalized spacial score (nSPS) is 10.6. The predicted molar refractivity (Wildman–Crippen MR) is 227 cm³/mol.